The number of benzene rings is 4. The standard InChI is InChI=1S/C92H114Cl2F2N4O2S8/c1-11-17-23-25-27-29-31-33-35-37-47-101-89-58(8)80(86-85(60(89)10)97-109-98-86)73-45-43-71(104-73)63-52-70(96)64(53-69(63)95)72-44-46-74(105-72)84-88-87(99-110-100-88)81(59(9)90(84)102-48-38-36-34-32-30-28-26-24-18-12-2)77-54-66-83(79-56-68(94)76(107-79)51-62(41-21-15-5)42-22-16-6)91-65(49-57(7)103-91)82(92(66)108-77)78-55-67(93)75(106-78)50-61(39-19-13-3)40-20-14-4/h43-46,49,52-56,61-62H,11-42,47-48,50-51H2,1-10H3. The molecule has 110 heavy (non-hydrogen) atoms. The fourth-order valence-electron chi connectivity index (χ4n) is 16.3. The SMILES string of the molecule is CCCCCCCCCCCCOc1c(C)c(-c2ccc(-c3cc(F)c(-c4ccc(-c5c(OCCCCCCCCCCCC)c(C)c(-c6cc7c(-c8cc(Cl)c(CC(CCCC)CCCC)s8)c8sc(C)cc8c(-c8cc(Cl)c(CC(CCCC)CCCC)s8)c7s6)c6nsnc56)s4)cc3F)s2)c2nsnc2c1C. The number of thiophene rings is 6. The van der Waals surface area contributed by atoms with E-state index in [9.17, 15) is 0 Å². The zero-order chi connectivity index (χ0) is 77.2. The molecule has 0 aliphatic heterocycles. The topological polar surface area (TPSA) is 70.0 Å². The highest BCUT2D eigenvalue weighted by atomic mass is 35.5. The lowest BCUT2D eigenvalue weighted by molar-refractivity contribution is 0.301. The quantitative estimate of drug-likeness (QED) is 0.0354. The van der Waals surface area contributed by atoms with Crippen molar-refractivity contribution in [3.63, 3.8) is 0 Å². The average Bonchev–Trinajstić information content (AvgIpc) is 1.58. The number of ether oxygens (including phenoxy) is 2. The number of hydrogen-bond acceptors (Lipinski definition) is 14. The Morgan fingerprint density at radius 3 is 1.18 bits per heavy atom. The predicted octanol–water partition coefficient (Wildman–Crippen LogP) is 34.5. The predicted molar refractivity (Wildman–Crippen MR) is 485 cm³/mol. The fraction of sp³-hybridized carbons (Fsp3) is 0.522. The van der Waals surface area contributed by atoms with Gasteiger partial charge in [0.15, 0.2) is 0 Å². The summed E-state index contributed by atoms with van der Waals surface area (Å²) in [6.45, 7) is 23.5. The molecule has 0 unspecified atom stereocenters. The van der Waals surface area contributed by atoms with Crippen molar-refractivity contribution in [1.29, 1.82) is 0 Å². The molecule has 0 saturated heterocycles. The van der Waals surface area contributed by atoms with Crippen LogP contribution in [0.2, 0.25) is 10.0 Å². The summed E-state index contributed by atoms with van der Waals surface area (Å²) < 4.78 is 70.7. The van der Waals surface area contributed by atoms with Crippen molar-refractivity contribution in [3.05, 3.63) is 114 Å². The molecule has 4 aromatic carbocycles. The zero-order valence-electron chi connectivity index (χ0n) is 66.8. The second-order valence-electron chi connectivity index (χ2n) is 31.0. The highest BCUT2D eigenvalue weighted by Gasteiger charge is 2.32. The third-order valence-corrected chi connectivity index (χ3v) is 31.3. The summed E-state index contributed by atoms with van der Waals surface area (Å²) >= 11 is 27.8. The number of aryl methyl sites for hydroxylation is 2. The van der Waals surface area contributed by atoms with Gasteiger partial charge in [-0.2, -0.15) is 17.5 Å². The molecule has 8 heterocycles. The van der Waals surface area contributed by atoms with Crippen LogP contribution in [0, 0.1) is 51.2 Å². The first-order valence-corrected chi connectivity index (χ1v) is 48.9. The van der Waals surface area contributed by atoms with E-state index in [2.05, 4.69) is 93.5 Å². The lowest BCUT2D eigenvalue weighted by Gasteiger charge is -2.17. The molecule has 6 nitrogen and oxygen atoms in total. The second kappa shape index (κ2) is 41.7. The maximum atomic E-state index is 17.2. The monoisotopic (exact) mass is 1670 g/mol. The molecule has 0 radical (unpaired) electrons. The van der Waals surface area contributed by atoms with Crippen molar-refractivity contribution in [2.45, 2.75) is 288 Å². The number of nitrogens with zero attached hydrogens (tertiary/aromatic N) is 4. The van der Waals surface area contributed by atoms with Crippen LogP contribution < -0.4 is 9.47 Å². The number of unbranched alkanes of at least 4 members (excludes halogenated alkanes) is 22. The van der Waals surface area contributed by atoms with Crippen LogP contribution in [0.1, 0.15) is 278 Å². The van der Waals surface area contributed by atoms with Crippen molar-refractivity contribution in [3.8, 4) is 84.6 Å². The maximum absolute atomic E-state index is 17.2. The minimum absolute atomic E-state index is 0.202. The Morgan fingerprint density at radius 2 is 0.709 bits per heavy atom. The van der Waals surface area contributed by atoms with Crippen LogP contribution >= 0.6 is 115 Å². The molecular formula is C92H114Cl2F2N4O2S8. The molecule has 12 rings (SSSR count). The van der Waals surface area contributed by atoms with Crippen molar-refractivity contribution in [2.24, 2.45) is 11.8 Å². The number of aromatic nitrogens is 4. The molecule has 0 atom stereocenters. The summed E-state index contributed by atoms with van der Waals surface area (Å²) in [5.41, 5.74) is 11.7. The first kappa shape index (κ1) is 84.7. The molecule has 12 aromatic rings. The number of rotatable bonds is 47. The minimum atomic E-state index is -0.499. The Morgan fingerprint density at radius 1 is 0.345 bits per heavy atom. The van der Waals surface area contributed by atoms with Gasteiger partial charge in [0.1, 0.15) is 45.2 Å². The highest BCUT2D eigenvalue weighted by Crippen LogP contribution is 2.57. The van der Waals surface area contributed by atoms with Gasteiger partial charge in [0.25, 0.3) is 0 Å². The van der Waals surface area contributed by atoms with E-state index in [1.165, 1.54) is 287 Å². The smallest absolute Gasteiger partial charge is 0.133 e. The molecule has 8 aromatic heterocycles. The Kier molecular flexibility index (Phi) is 32.1. The van der Waals surface area contributed by atoms with Gasteiger partial charge in [-0.1, -0.05) is 257 Å². The average molecular weight is 1670 g/mol. The van der Waals surface area contributed by atoms with Crippen LogP contribution in [0.15, 0.2) is 60.7 Å². The summed E-state index contributed by atoms with van der Waals surface area (Å²) in [5.74, 6) is 1.77. The largest absolute Gasteiger partial charge is 0.493 e. The van der Waals surface area contributed by atoms with E-state index in [-0.39, 0.29) is 11.1 Å². The summed E-state index contributed by atoms with van der Waals surface area (Å²) in [7, 11) is 0. The van der Waals surface area contributed by atoms with Gasteiger partial charge in [0.2, 0.25) is 0 Å². The van der Waals surface area contributed by atoms with Crippen LogP contribution in [0.4, 0.5) is 8.78 Å². The maximum Gasteiger partial charge on any atom is 0.133 e. The van der Waals surface area contributed by atoms with E-state index >= 15 is 8.78 Å². The zero-order valence-corrected chi connectivity index (χ0v) is 74.8. The van der Waals surface area contributed by atoms with E-state index in [1.807, 2.05) is 69.6 Å². The van der Waals surface area contributed by atoms with E-state index in [0.717, 1.165) is 137 Å². The molecule has 0 fully saturated rings. The van der Waals surface area contributed by atoms with Crippen molar-refractivity contribution in [2.75, 3.05) is 13.2 Å². The Hall–Kier alpha value is -4.72. The Labute approximate surface area is 697 Å². The highest BCUT2D eigenvalue weighted by molar-refractivity contribution is 7.25. The third-order valence-electron chi connectivity index (χ3n) is 22.5. The lowest BCUT2D eigenvalue weighted by atomic mass is 9.92. The second-order valence-corrected chi connectivity index (χ2v) is 39.6. The minimum Gasteiger partial charge on any atom is -0.493 e. The molecule has 0 aliphatic rings. The first-order chi connectivity index (χ1) is 53.7. The van der Waals surface area contributed by atoms with Gasteiger partial charge in [0.05, 0.1) is 52.3 Å². The van der Waals surface area contributed by atoms with Gasteiger partial charge in [-0.05, 0) is 126 Å². The summed E-state index contributed by atoms with van der Waals surface area (Å²) in [5, 5.41) is 4.18. The summed E-state index contributed by atoms with van der Waals surface area (Å²) in [6, 6.07) is 20.0. The van der Waals surface area contributed by atoms with Gasteiger partial charge in [-0.3, -0.25) is 0 Å². The van der Waals surface area contributed by atoms with Crippen LogP contribution in [0.3, 0.4) is 0 Å². The molecule has 0 amide bonds. The molecule has 0 spiro atoms. The van der Waals surface area contributed by atoms with Crippen molar-refractivity contribution >= 4 is 157 Å². The van der Waals surface area contributed by atoms with Crippen LogP contribution in [-0.2, 0) is 12.8 Å². The lowest BCUT2D eigenvalue weighted by Crippen LogP contribution is -2.04. The fourth-order valence-corrected chi connectivity index (χ4v) is 25.4. The van der Waals surface area contributed by atoms with Crippen LogP contribution in [0.25, 0.3) is 115 Å². The first-order valence-electron chi connectivity index (χ1n) is 41.8. The molecule has 18 heteroatoms. The van der Waals surface area contributed by atoms with Crippen LogP contribution in [-0.4, -0.2) is 30.7 Å². The molecule has 0 N–H and O–H groups in total. The van der Waals surface area contributed by atoms with Gasteiger partial charge >= 0.3 is 0 Å². The van der Waals surface area contributed by atoms with E-state index < -0.39 is 11.6 Å². The molecule has 0 saturated carbocycles. The summed E-state index contributed by atoms with van der Waals surface area (Å²) in [6.07, 6.45) is 41.2. The van der Waals surface area contributed by atoms with Crippen LogP contribution in [0.5, 0.6) is 11.5 Å². The van der Waals surface area contributed by atoms with Gasteiger partial charge in [0, 0.05) is 119 Å². The van der Waals surface area contributed by atoms with Gasteiger partial charge < -0.3 is 9.47 Å². The Bertz CT molecular complexity index is 4830. The molecule has 590 valence electrons. The van der Waals surface area contributed by atoms with E-state index in [4.69, 9.17) is 50.2 Å². The van der Waals surface area contributed by atoms with E-state index in [1.54, 1.807) is 0 Å². The number of hydrogen-bond donors (Lipinski definition) is 0. The molecule has 0 bridgehead atoms. The number of halogens is 4. The van der Waals surface area contributed by atoms with Gasteiger partial charge in [-0.25, -0.2) is 8.78 Å². The normalized spacial score (nSPS) is 12.1. The van der Waals surface area contributed by atoms with Crippen molar-refractivity contribution < 1.29 is 18.3 Å². The third kappa shape index (κ3) is 20.2. The summed E-state index contributed by atoms with van der Waals surface area (Å²) in [4.78, 5) is 10.3. The van der Waals surface area contributed by atoms with E-state index in [0.29, 0.717) is 34.8 Å². The molecular weight excluding hydrogens is 1560 g/mol. The molecule has 0 aliphatic carbocycles. The Balaban J connectivity index is 0.912. The number of fused-ring (bicyclic) bond motifs is 4. The van der Waals surface area contributed by atoms with Crippen molar-refractivity contribution in [1.82, 2.24) is 17.5 Å². The van der Waals surface area contributed by atoms with Gasteiger partial charge in [-0.15, -0.1) is 68.0 Å².